The van der Waals surface area contributed by atoms with Crippen molar-refractivity contribution < 1.29 is 22.2 Å². The van der Waals surface area contributed by atoms with Crippen LogP contribution in [0.4, 0.5) is 4.79 Å². The molecule has 0 radical (unpaired) electrons. The van der Waals surface area contributed by atoms with Crippen molar-refractivity contribution in [2.24, 2.45) is 0 Å². The Bertz CT molecular complexity index is 501. The lowest BCUT2D eigenvalue weighted by Gasteiger charge is -2.07. The quantitative estimate of drug-likeness (QED) is 0.589. The van der Waals surface area contributed by atoms with Crippen LogP contribution in [-0.4, -0.2) is 20.3 Å². The Balaban J connectivity index is 2.25. The molecule has 0 aliphatic rings. The van der Waals surface area contributed by atoms with Crippen molar-refractivity contribution in [2.75, 3.05) is 5.75 Å². The van der Waals surface area contributed by atoms with Crippen LogP contribution in [0.15, 0.2) is 30.3 Å². The molecule has 0 unspecified atom stereocenters. The molecule has 0 spiro atoms. The summed E-state index contributed by atoms with van der Waals surface area (Å²) in [6, 6.07) is 9.04. The van der Waals surface area contributed by atoms with E-state index < -0.39 is 16.2 Å². The topological polar surface area (TPSA) is 81.7 Å². The monoisotopic (exact) mass is 301 g/mol. The van der Waals surface area contributed by atoms with Crippen molar-refractivity contribution >= 4 is 16.2 Å². The minimum atomic E-state index is -3.74. The van der Waals surface area contributed by atoms with Crippen LogP contribution < -0.4 is 5.48 Å². The maximum atomic E-state index is 11.4. The van der Waals surface area contributed by atoms with E-state index in [1.165, 1.54) is 0 Å². The summed E-state index contributed by atoms with van der Waals surface area (Å²) in [5.74, 6) is -0.125. The van der Waals surface area contributed by atoms with Gasteiger partial charge in [-0.15, -0.1) is 4.28 Å². The van der Waals surface area contributed by atoms with E-state index in [9.17, 15) is 13.2 Å². The van der Waals surface area contributed by atoms with Crippen LogP contribution in [0.1, 0.15) is 31.7 Å². The van der Waals surface area contributed by atoms with Crippen molar-refractivity contribution in [3.8, 4) is 0 Å². The lowest BCUT2D eigenvalue weighted by Crippen LogP contribution is -2.29. The zero-order chi connectivity index (χ0) is 14.8. The predicted molar refractivity (Wildman–Crippen MR) is 74.2 cm³/mol. The Morgan fingerprint density at radius 3 is 2.55 bits per heavy atom. The van der Waals surface area contributed by atoms with Crippen LogP contribution in [0.3, 0.4) is 0 Å². The van der Waals surface area contributed by atoms with Gasteiger partial charge in [0, 0.05) is 0 Å². The van der Waals surface area contributed by atoms with E-state index in [4.69, 9.17) is 4.74 Å². The van der Waals surface area contributed by atoms with Crippen LogP contribution in [0, 0.1) is 0 Å². The lowest BCUT2D eigenvalue weighted by molar-refractivity contribution is 0.0971. The minimum Gasteiger partial charge on any atom is -0.443 e. The summed E-state index contributed by atoms with van der Waals surface area (Å²) in [6.07, 6.45) is 1.26. The summed E-state index contributed by atoms with van der Waals surface area (Å²) in [5, 5.41) is 0. The summed E-state index contributed by atoms with van der Waals surface area (Å²) in [6.45, 7) is 2.01. The lowest BCUT2D eigenvalue weighted by atomic mass is 10.2. The van der Waals surface area contributed by atoms with E-state index >= 15 is 0 Å². The van der Waals surface area contributed by atoms with E-state index in [0.717, 1.165) is 18.4 Å². The van der Waals surface area contributed by atoms with Gasteiger partial charge in [-0.3, -0.25) is 0 Å². The molecule has 0 bridgehead atoms. The normalized spacial score (nSPS) is 11.1. The molecule has 112 valence electrons. The van der Waals surface area contributed by atoms with E-state index in [0.29, 0.717) is 6.42 Å². The number of nitrogens with one attached hydrogen (secondary N) is 1. The summed E-state index contributed by atoms with van der Waals surface area (Å²) >= 11 is 0. The molecule has 1 aromatic rings. The van der Waals surface area contributed by atoms with Gasteiger partial charge >= 0.3 is 6.09 Å². The first kappa shape index (κ1) is 16.5. The standard InChI is InChI=1S/C13H19NO5S/c1-2-3-7-10-20(16,17)19-14-13(15)18-11-12-8-5-4-6-9-12/h4-6,8-9H,2-3,7,10-11H2,1H3,(H,14,15). The molecule has 0 heterocycles. The molecule has 0 aromatic heterocycles. The van der Waals surface area contributed by atoms with E-state index in [-0.39, 0.29) is 12.4 Å². The first-order chi connectivity index (χ1) is 9.53. The van der Waals surface area contributed by atoms with Crippen molar-refractivity contribution in [1.82, 2.24) is 5.48 Å². The zero-order valence-corrected chi connectivity index (χ0v) is 12.2. The maximum absolute atomic E-state index is 11.4. The summed E-state index contributed by atoms with van der Waals surface area (Å²) in [5.41, 5.74) is 2.57. The molecule has 0 atom stereocenters. The summed E-state index contributed by atoms with van der Waals surface area (Å²) in [7, 11) is -3.74. The average molecular weight is 301 g/mol. The average Bonchev–Trinajstić information content (AvgIpc) is 2.44. The third kappa shape index (κ3) is 7.10. The zero-order valence-electron chi connectivity index (χ0n) is 11.4. The number of hydroxylamine groups is 1. The maximum Gasteiger partial charge on any atom is 0.432 e. The van der Waals surface area contributed by atoms with Gasteiger partial charge in [0.05, 0.1) is 5.75 Å². The second-order valence-corrected chi connectivity index (χ2v) is 5.91. The first-order valence-electron chi connectivity index (χ1n) is 6.41. The van der Waals surface area contributed by atoms with E-state index in [2.05, 4.69) is 4.28 Å². The van der Waals surface area contributed by atoms with Gasteiger partial charge < -0.3 is 4.74 Å². The highest BCUT2D eigenvalue weighted by Gasteiger charge is 2.13. The third-order valence-corrected chi connectivity index (χ3v) is 3.59. The molecule has 0 saturated heterocycles. The van der Waals surface area contributed by atoms with Gasteiger partial charge in [0.2, 0.25) is 0 Å². The summed E-state index contributed by atoms with van der Waals surface area (Å²) < 4.78 is 32.0. The van der Waals surface area contributed by atoms with Gasteiger partial charge in [-0.1, -0.05) is 50.1 Å². The Hall–Kier alpha value is -1.60. The number of benzene rings is 1. The predicted octanol–water partition coefficient (Wildman–Crippen LogP) is 2.36. The highest BCUT2D eigenvalue weighted by Crippen LogP contribution is 2.02. The number of carbonyl (C=O) groups is 1. The van der Waals surface area contributed by atoms with Crippen molar-refractivity contribution in [3.05, 3.63) is 35.9 Å². The van der Waals surface area contributed by atoms with Crippen LogP contribution in [0.5, 0.6) is 0 Å². The van der Waals surface area contributed by atoms with E-state index in [1.807, 2.05) is 25.1 Å². The molecule has 1 aromatic carbocycles. The smallest absolute Gasteiger partial charge is 0.432 e. The van der Waals surface area contributed by atoms with Crippen LogP contribution in [0.25, 0.3) is 0 Å². The van der Waals surface area contributed by atoms with Gasteiger partial charge in [0.25, 0.3) is 10.1 Å². The highest BCUT2D eigenvalue weighted by molar-refractivity contribution is 7.86. The fraction of sp³-hybridized carbons (Fsp3) is 0.462. The largest absolute Gasteiger partial charge is 0.443 e. The number of amides is 1. The van der Waals surface area contributed by atoms with Gasteiger partial charge in [-0.2, -0.15) is 13.9 Å². The first-order valence-corrected chi connectivity index (χ1v) is 7.99. The van der Waals surface area contributed by atoms with Crippen molar-refractivity contribution in [3.63, 3.8) is 0 Å². The van der Waals surface area contributed by atoms with Gasteiger partial charge in [0.15, 0.2) is 0 Å². The van der Waals surface area contributed by atoms with Crippen molar-refractivity contribution in [2.45, 2.75) is 32.8 Å². The number of unbranched alkanes of at least 4 members (excludes halogenated alkanes) is 2. The second kappa shape index (κ2) is 8.55. The van der Waals surface area contributed by atoms with Crippen molar-refractivity contribution in [1.29, 1.82) is 0 Å². The molecule has 1 rings (SSSR count). The molecular formula is C13H19NO5S. The molecule has 0 aliphatic heterocycles. The molecule has 7 heteroatoms. The minimum absolute atomic E-state index is 0.0475. The Kier molecular flexibility index (Phi) is 7.03. The molecule has 6 nitrogen and oxygen atoms in total. The Labute approximate surface area is 119 Å². The number of rotatable bonds is 8. The molecule has 0 fully saturated rings. The van der Waals surface area contributed by atoms with Gasteiger partial charge in [0.1, 0.15) is 6.61 Å². The molecular weight excluding hydrogens is 282 g/mol. The highest BCUT2D eigenvalue weighted by atomic mass is 32.2. The second-order valence-electron chi connectivity index (χ2n) is 4.22. The van der Waals surface area contributed by atoms with Crippen LogP contribution >= 0.6 is 0 Å². The SMILES string of the molecule is CCCCCS(=O)(=O)ONC(=O)OCc1ccccc1. The molecule has 1 amide bonds. The molecule has 0 saturated carbocycles. The van der Waals surface area contributed by atoms with Gasteiger partial charge in [-0.25, -0.2) is 4.79 Å². The number of hydrogen-bond acceptors (Lipinski definition) is 5. The Morgan fingerprint density at radius 2 is 1.90 bits per heavy atom. The van der Waals surface area contributed by atoms with Crippen LogP contribution in [0.2, 0.25) is 0 Å². The fourth-order valence-electron chi connectivity index (χ4n) is 1.42. The number of carbonyl (C=O) groups excluding carboxylic acids is 1. The number of hydrogen-bond donors (Lipinski definition) is 1. The number of ether oxygens (including phenoxy) is 1. The molecule has 20 heavy (non-hydrogen) atoms. The summed E-state index contributed by atoms with van der Waals surface area (Å²) in [4.78, 5) is 11.3. The van der Waals surface area contributed by atoms with Gasteiger partial charge in [-0.05, 0) is 12.0 Å². The fourth-order valence-corrected chi connectivity index (χ4v) is 2.26. The molecule has 1 N–H and O–H groups in total. The molecule has 0 aliphatic carbocycles. The van der Waals surface area contributed by atoms with Crippen LogP contribution in [-0.2, 0) is 25.7 Å². The third-order valence-electron chi connectivity index (χ3n) is 2.46. The Morgan fingerprint density at radius 1 is 1.20 bits per heavy atom. The van der Waals surface area contributed by atoms with E-state index in [1.54, 1.807) is 17.6 Å².